The predicted molar refractivity (Wildman–Crippen MR) is 258 cm³/mol. The molecule has 1 spiro atoms. The molecule has 0 unspecified atom stereocenters. The molecule has 1 heterocycles. The summed E-state index contributed by atoms with van der Waals surface area (Å²) in [6, 6.07) is 71.4. The predicted octanol–water partition coefficient (Wildman–Crippen LogP) is 16.1. The summed E-state index contributed by atoms with van der Waals surface area (Å²) in [6.45, 7) is 8.86. The number of hydrogen-bond donors (Lipinski definition) is 0. The van der Waals surface area contributed by atoms with E-state index in [2.05, 4.69) is 232 Å². The van der Waals surface area contributed by atoms with Gasteiger partial charge in [-0.15, -0.1) is 0 Å². The van der Waals surface area contributed by atoms with E-state index >= 15 is 0 Å². The summed E-state index contributed by atoms with van der Waals surface area (Å²) in [7, 11) is 0. The molecular formula is C59H44N2O. The Morgan fingerprint density at radius 3 is 1.39 bits per heavy atom. The van der Waals surface area contributed by atoms with Crippen LogP contribution in [0.5, 0.6) is 0 Å². The van der Waals surface area contributed by atoms with Crippen LogP contribution < -0.4 is 9.80 Å². The molecule has 0 amide bonds. The Morgan fingerprint density at radius 2 is 0.839 bits per heavy atom. The van der Waals surface area contributed by atoms with Gasteiger partial charge in [0.05, 0.1) is 16.5 Å². The van der Waals surface area contributed by atoms with Crippen molar-refractivity contribution in [2.45, 2.75) is 33.1 Å². The number of hydrogen-bond acceptors (Lipinski definition) is 3. The molecule has 2 aliphatic carbocycles. The normalized spacial score (nSPS) is 13.0. The number of furan rings is 1. The fraction of sp³-hybridized carbons (Fsp3) is 0.0847. The highest BCUT2D eigenvalue weighted by molar-refractivity contribution is 6.20. The van der Waals surface area contributed by atoms with Crippen LogP contribution in [0.15, 0.2) is 199 Å². The minimum absolute atomic E-state index is 0.651. The Morgan fingerprint density at radius 1 is 0.371 bits per heavy atom. The van der Waals surface area contributed by atoms with Gasteiger partial charge in [-0.2, -0.15) is 0 Å². The molecule has 2 aliphatic rings. The third-order valence-electron chi connectivity index (χ3n) is 13.6. The van der Waals surface area contributed by atoms with Crippen LogP contribution in [-0.4, -0.2) is 0 Å². The van der Waals surface area contributed by atoms with E-state index in [0.29, 0.717) is 0 Å². The minimum Gasteiger partial charge on any atom is -0.455 e. The van der Waals surface area contributed by atoms with Crippen LogP contribution in [0, 0.1) is 27.7 Å². The lowest BCUT2D eigenvalue weighted by Crippen LogP contribution is -2.26. The molecule has 62 heavy (non-hydrogen) atoms. The third-order valence-corrected chi connectivity index (χ3v) is 13.6. The molecule has 1 aromatic heterocycles. The van der Waals surface area contributed by atoms with E-state index < -0.39 is 5.41 Å². The van der Waals surface area contributed by atoms with Gasteiger partial charge < -0.3 is 14.2 Å². The molecule has 0 radical (unpaired) electrons. The molecule has 10 aromatic rings. The van der Waals surface area contributed by atoms with E-state index in [-0.39, 0.29) is 0 Å². The smallest absolute Gasteiger partial charge is 0.145 e. The molecule has 0 N–H and O–H groups in total. The summed E-state index contributed by atoms with van der Waals surface area (Å²) in [6.07, 6.45) is 0. The zero-order chi connectivity index (χ0) is 41.7. The van der Waals surface area contributed by atoms with E-state index in [1.165, 1.54) is 61.2 Å². The molecule has 0 bridgehead atoms. The van der Waals surface area contributed by atoms with Gasteiger partial charge in [0.25, 0.3) is 0 Å². The molecule has 3 heteroatoms. The first kappa shape index (κ1) is 36.2. The number of fused-ring (bicyclic) bond motifs is 14. The molecule has 0 fully saturated rings. The summed E-state index contributed by atoms with van der Waals surface area (Å²) in [5, 5.41) is 2.21. The molecule has 12 rings (SSSR count). The van der Waals surface area contributed by atoms with Gasteiger partial charge in [-0.3, -0.25) is 0 Å². The molecule has 9 aromatic carbocycles. The van der Waals surface area contributed by atoms with Crippen LogP contribution in [0.3, 0.4) is 0 Å². The quantitative estimate of drug-likeness (QED) is 0.167. The summed E-state index contributed by atoms with van der Waals surface area (Å²) >= 11 is 0. The Bertz CT molecular complexity index is 3310. The second-order valence-corrected chi connectivity index (χ2v) is 17.0. The van der Waals surface area contributed by atoms with Gasteiger partial charge in [-0.25, -0.2) is 0 Å². The molecule has 0 saturated heterocycles. The van der Waals surface area contributed by atoms with Crippen molar-refractivity contribution in [1.29, 1.82) is 0 Å². The summed E-state index contributed by atoms with van der Waals surface area (Å²) in [4.78, 5) is 4.94. The van der Waals surface area contributed by atoms with Crippen LogP contribution in [0.1, 0.15) is 44.5 Å². The molecule has 3 nitrogen and oxygen atoms in total. The van der Waals surface area contributed by atoms with E-state index in [9.17, 15) is 0 Å². The van der Waals surface area contributed by atoms with Crippen molar-refractivity contribution in [1.82, 2.24) is 0 Å². The van der Waals surface area contributed by atoms with Gasteiger partial charge in [0.2, 0.25) is 0 Å². The maximum absolute atomic E-state index is 7.26. The van der Waals surface area contributed by atoms with E-state index in [0.717, 1.165) is 61.6 Å². The molecule has 0 saturated carbocycles. The molecule has 0 atom stereocenters. The number of para-hydroxylation sites is 5. The molecule has 0 aliphatic heterocycles. The number of benzene rings is 9. The van der Waals surface area contributed by atoms with Gasteiger partial charge in [0.1, 0.15) is 11.2 Å². The third kappa shape index (κ3) is 5.00. The topological polar surface area (TPSA) is 19.6 Å². The first-order valence-corrected chi connectivity index (χ1v) is 21.6. The fourth-order valence-electron chi connectivity index (χ4n) is 10.8. The molecule has 296 valence electrons. The average Bonchev–Trinajstić information content (AvgIpc) is 3.93. The highest BCUT2D eigenvalue weighted by Gasteiger charge is 2.53. The van der Waals surface area contributed by atoms with Crippen molar-refractivity contribution in [3.05, 3.63) is 239 Å². The first-order valence-electron chi connectivity index (χ1n) is 21.6. The van der Waals surface area contributed by atoms with Gasteiger partial charge in [0, 0.05) is 39.4 Å². The highest BCUT2D eigenvalue weighted by atomic mass is 16.3. The van der Waals surface area contributed by atoms with Crippen molar-refractivity contribution >= 4 is 56.1 Å². The second-order valence-electron chi connectivity index (χ2n) is 17.0. The average molecular weight is 797 g/mol. The lowest BCUT2D eigenvalue weighted by Gasteiger charge is -2.34. The highest BCUT2D eigenvalue weighted by Crippen LogP contribution is 2.66. The van der Waals surface area contributed by atoms with E-state index in [4.69, 9.17) is 4.42 Å². The van der Waals surface area contributed by atoms with Crippen molar-refractivity contribution in [3.8, 4) is 22.3 Å². The van der Waals surface area contributed by atoms with Crippen molar-refractivity contribution in [3.63, 3.8) is 0 Å². The maximum atomic E-state index is 7.26. The van der Waals surface area contributed by atoms with Gasteiger partial charge in [-0.1, -0.05) is 146 Å². The number of nitrogens with zero attached hydrogens (tertiary/aromatic N) is 2. The number of anilines is 6. The standard InChI is InChI=1S/C59H44N2O/c1-37-19-5-14-28-50(37)60(51-29-15-6-20-38(51)2)41-33-34-44-48(35-41)59(46-26-12-9-23-42(46)43-24-10-13-27-47(43)59)49-36-54(57-45-25-11-18-32-55(45)62-58(57)56(44)49)61(52-30-16-7-21-39(52)3)53-31-17-8-22-40(53)4/h5-36H,1-4H3. The van der Waals surface area contributed by atoms with Crippen LogP contribution in [0.2, 0.25) is 0 Å². The monoisotopic (exact) mass is 796 g/mol. The SMILES string of the molecule is Cc1ccccc1N(c1ccc2c(c1)C1(c3ccccc3-c3ccccc31)c1cc(N(c3ccccc3C)c3ccccc3C)c3c(oc4ccccc43)c1-2)c1ccccc1C. The van der Waals surface area contributed by atoms with Gasteiger partial charge in [-0.05, 0) is 137 Å². The number of rotatable bonds is 6. The van der Waals surface area contributed by atoms with Crippen molar-refractivity contribution in [2.24, 2.45) is 0 Å². The van der Waals surface area contributed by atoms with Crippen LogP contribution >= 0.6 is 0 Å². The zero-order valence-electron chi connectivity index (χ0n) is 35.3. The van der Waals surface area contributed by atoms with Crippen molar-refractivity contribution < 1.29 is 4.42 Å². The van der Waals surface area contributed by atoms with Crippen molar-refractivity contribution in [2.75, 3.05) is 9.80 Å². The first-order chi connectivity index (χ1) is 30.4. The van der Waals surface area contributed by atoms with Crippen LogP contribution in [0.4, 0.5) is 34.1 Å². The Hall–Kier alpha value is -7.62. The summed E-state index contributed by atoms with van der Waals surface area (Å²) in [5.41, 5.74) is 22.7. The zero-order valence-corrected chi connectivity index (χ0v) is 35.3. The Kier molecular flexibility index (Phi) is 8.01. The largest absolute Gasteiger partial charge is 0.455 e. The Labute approximate surface area is 362 Å². The summed E-state index contributed by atoms with van der Waals surface area (Å²) in [5.74, 6) is 0. The molecular weight excluding hydrogens is 753 g/mol. The maximum Gasteiger partial charge on any atom is 0.145 e. The van der Waals surface area contributed by atoms with E-state index in [1.807, 2.05) is 0 Å². The lowest BCUT2D eigenvalue weighted by molar-refractivity contribution is 0.669. The lowest BCUT2D eigenvalue weighted by atomic mass is 9.70. The second kappa shape index (κ2) is 13.7. The number of aryl methyl sites for hydroxylation is 4. The van der Waals surface area contributed by atoms with E-state index in [1.54, 1.807) is 0 Å². The minimum atomic E-state index is -0.651. The van der Waals surface area contributed by atoms with Crippen LogP contribution in [0.25, 0.3) is 44.2 Å². The van der Waals surface area contributed by atoms with Crippen LogP contribution in [-0.2, 0) is 5.41 Å². The van der Waals surface area contributed by atoms with Gasteiger partial charge >= 0.3 is 0 Å². The van der Waals surface area contributed by atoms with Gasteiger partial charge in [0.15, 0.2) is 0 Å². The fourth-order valence-corrected chi connectivity index (χ4v) is 10.8. The Balaban J connectivity index is 1.25. The summed E-state index contributed by atoms with van der Waals surface area (Å²) < 4.78 is 7.26.